The standard InChI is InChI=1S/C11H13F2N3OS/c12-8-5-7(14)6-9(13)10(8)18-4-3-16-2-1-15-11(16)17/h5-6H,1-4,14H2,(H,15,17). The van der Waals surface area contributed by atoms with Crippen LogP contribution in [0.5, 0.6) is 0 Å². The smallest absolute Gasteiger partial charge is 0.317 e. The Hall–Kier alpha value is -1.50. The highest BCUT2D eigenvalue weighted by Crippen LogP contribution is 2.27. The van der Waals surface area contributed by atoms with Crippen LogP contribution in [0.1, 0.15) is 0 Å². The van der Waals surface area contributed by atoms with E-state index >= 15 is 0 Å². The van der Waals surface area contributed by atoms with Gasteiger partial charge in [-0.05, 0) is 12.1 Å². The number of nitrogens with two attached hydrogens (primary N) is 1. The molecule has 0 bridgehead atoms. The molecule has 1 aromatic rings. The summed E-state index contributed by atoms with van der Waals surface area (Å²) in [6, 6.07) is 2.05. The quantitative estimate of drug-likeness (QED) is 0.648. The SMILES string of the molecule is Nc1cc(F)c(SCCN2CCNC2=O)c(F)c1. The summed E-state index contributed by atoms with van der Waals surface area (Å²) in [5.74, 6) is -0.891. The molecule has 18 heavy (non-hydrogen) atoms. The Balaban J connectivity index is 1.92. The molecule has 7 heteroatoms. The van der Waals surface area contributed by atoms with Gasteiger partial charge in [0.15, 0.2) is 0 Å². The Morgan fingerprint density at radius 2 is 2.06 bits per heavy atom. The zero-order valence-corrected chi connectivity index (χ0v) is 10.4. The van der Waals surface area contributed by atoms with Crippen LogP contribution in [0, 0.1) is 11.6 Å². The normalized spacial score (nSPS) is 15.0. The highest BCUT2D eigenvalue weighted by atomic mass is 32.2. The van der Waals surface area contributed by atoms with Gasteiger partial charge in [0, 0.05) is 31.1 Å². The lowest BCUT2D eigenvalue weighted by Crippen LogP contribution is -2.30. The summed E-state index contributed by atoms with van der Waals surface area (Å²) < 4.78 is 26.9. The number of urea groups is 1. The molecular weight excluding hydrogens is 260 g/mol. The first-order valence-corrected chi connectivity index (χ1v) is 6.46. The minimum atomic E-state index is -0.664. The highest BCUT2D eigenvalue weighted by Gasteiger charge is 2.19. The topological polar surface area (TPSA) is 58.4 Å². The third-order valence-corrected chi connectivity index (χ3v) is 3.64. The molecule has 98 valence electrons. The fourth-order valence-electron chi connectivity index (χ4n) is 1.70. The predicted octanol–water partition coefficient (Wildman–Crippen LogP) is 1.66. The van der Waals surface area contributed by atoms with Crippen molar-refractivity contribution in [3.8, 4) is 0 Å². The van der Waals surface area contributed by atoms with E-state index in [1.54, 1.807) is 4.90 Å². The number of carbonyl (C=O) groups excluding carboxylic acids is 1. The molecule has 1 aliphatic rings. The molecule has 0 spiro atoms. The van der Waals surface area contributed by atoms with Crippen molar-refractivity contribution in [1.29, 1.82) is 0 Å². The highest BCUT2D eigenvalue weighted by molar-refractivity contribution is 7.99. The molecule has 0 saturated carbocycles. The summed E-state index contributed by atoms with van der Waals surface area (Å²) in [6.45, 7) is 1.71. The van der Waals surface area contributed by atoms with Gasteiger partial charge >= 0.3 is 6.03 Å². The monoisotopic (exact) mass is 273 g/mol. The van der Waals surface area contributed by atoms with Crippen LogP contribution in [0.3, 0.4) is 0 Å². The molecule has 3 N–H and O–H groups in total. The number of nitrogens with one attached hydrogen (secondary N) is 1. The van der Waals surface area contributed by atoms with Gasteiger partial charge in [-0.15, -0.1) is 11.8 Å². The largest absolute Gasteiger partial charge is 0.399 e. The molecule has 0 aliphatic carbocycles. The zero-order valence-electron chi connectivity index (χ0n) is 9.58. The van der Waals surface area contributed by atoms with Crippen LogP contribution in [0.4, 0.5) is 19.3 Å². The van der Waals surface area contributed by atoms with Crippen molar-refractivity contribution in [2.24, 2.45) is 0 Å². The second kappa shape index (κ2) is 5.43. The van der Waals surface area contributed by atoms with Crippen LogP contribution in [-0.2, 0) is 0 Å². The summed E-state index contributed by atoms with van der Waals surface area (Å²) >= 11 is 1.04. The van der Waals surface area contributed by atoms with Crippen LogP contribution in [0.25, 0.3) is 0 Å². The number of nitrogen functional groups attached to an aromatic ring is 1. The van der Waals surface area contributed by atoms with Crippen LogP contribution < -0.4 is 11.1 Å². The van der Waals surface area contributed by atoms with Gasteiger partial charge in [-0.1, -0.05) is 0 Å². The van der Waals surface area contributed by atoms with Crippen molar-refractivity contribution >= 4 is 23.5 Å². The average Bonchev–Trinajstić information content (AvgIpc) is 2.68. The Labute approximate surface area is 108 Å². The van der Waals surface area contributed by atoms with Crippen molar-refractivity contribution in [3.63, 3.8) is 0 Å². The third-order valence-electron chi connectivity index (χ3n) is 2.57. The predicted molar refractivity (Wildman–Crippen MR) is 66.5 cm³/mol. The number of carbonyl (C=O) groups is 1. The summed E-state index contributed by atoms with van der Waals surface area (Å²) in [4.78, 5) is 12.8. The first-order chi connectivity index (χ1) is 8.58. The number of amides is 2. The van der Waals surface area contributed by atoms with Crippen LogP contribution in [0.2, 0.25) is 0 Å². The third kappa shape index (κ3) is 2.84. The molecule has 1 heterocycles. The van der Waals surface area contributed by atoms with Crippen molar-refractivity contribution in [2.75, 3.05) is 31.1 Å². The molecule has 1 saturated heterocycles. The van der Waals surface area contributed by atoms with E-state index < -0.39 is 11.6 Å². The summed E-state index contributed by atoms with van der Waals surface area (Å²) in [5, 5.41) is 2.66. The summed E-state index contributed by atoms with van der Waals surface area (Å²) in [6.07, 6.45) is 0. The second-order valence-corrected chi connectivity index (χ2v) is 4.99. The van der Waals surface area contributed by atoms with Crippen molar-refractivity contribution in [1.82, 2.24) is 10.2 Å². The minimum Gasteiger partial charge on any atom is -0.399 e. The van der Waals surface area contributed by atoms with Gasteiger partial charge in [-0.3, -0.25) is 0 Å². The fraction of sp³-hybridized carbons (Fsp3) is 0.364. The second-order valence-electron chi connectivity index (χ2n) is 3.88. The molecule has 1 fully saturated rings. The summed E-state index contributed by atoms with van der Waals surface area (Å²) in [7, 11) is 0. The van der Waals surface area contributed by atoms with E-state index in [0.717, 1.165) is 23.9 Å². The Morgan fingerprint density at radius 1 is 1.39 bits per heavy atom. The van der Waals surface area contributed by atoms with Crippen molar-refractivity contribution < 1.29 is 13.6 Å². The molecular formula is C11H13F2N3OS. The van der Waals surface area contributed by atoms with Gasteiger partial charge in [0.25, 0.3) is 0 Å². The lowest BCUT2D eigenvalue weighted by Gasteiger charge is -2.13. The first kappa shape index (κ1) is 12.9. The zero-order chi connectivity index (χ0) is 13.1. The molecule has 2 rings (SSSR count). The number of rotatable bonds is 4. The number of thioether (sulfide) groups is 1. The number of anilines is 1. The lowest BCUT2D eigenvalue weighted by atomic mass is 10.3. The Kier molecular flexibility index (Phi) is 3.90. The fourth-order valence-corrected chi connectivity index (χ4v) is 2.61. The van der Waals surface area contributed by atoms with Crippen molar-refractivity contribution in [3.05, 3.63) is 23.8 Å². The number of halogens is 2. The van der Waals surface area contributed by atoms with Gasteiger partial charge in [0.1, 0.15) is 11.6 Å². The van der Waals surface area contributed by atoms with E-state index in [-0.39, 0.29) is 16.6 Å². The lowest BCUT2D eigenvalue weighted by molar-refractivity contribution is 0.220. The summed E-state index contributed by atoms with van der Waals surface area (Å²) in [5.41, 5.74) is 5.39. The van der Waals surface area contributed by atoms with Gasteiger partial charge in [-0.2, -0.15) is 0 Å². The van der Waals surface area contributed by atoms with Crippen LogP contribution in [0.15, 0.2) is 17.0 Å². The Morgan fingerprint density at radius 3 is 2.61 bits per heavy atom. The van der Waals surface area contributed by atoms with E-state index in [9.17, 15) is 13.6 Å². The molecule has 0 radical (unpaired) electrons. The van der Waals surface area contributed by atoms with Crippen molar-refractivity contribution in [2.45, 2.75) is 4.90 Å². The van der Waals surface area contributed by atoms with E-state index in [1.807, 2.05) is 0 Å². The molecule has 0 unspecified atom stereocenters. The minimum absolute atomic E-state index is 0.0520. The van der Waals surface area contributed by atoms with Gasteiger partial charge in [0.05, 0.1) is 4.90 Å². The van der Waals surface area contributed by atoms with Crippen LogP contribution >= 0.6 is 11.8 Å². The Bertz CT molecular complexity index is 447. The van der Waals surface area contributed by atoms with E-state index in [0.29, 0.717) is 25.4 Å². The number of hydrogen-bond acceptors (Lipinski definition) is 3. The maximum absolute atomic E-state index is 13.5. The molecule has 4 nitrogen and oxygen atoms in total. The molecule has 0 aromatic heterocycles. The van der Waals surface area contributed by atoms with E-state index in [4.69, 9.17) is 5.73 Å². The van der Waals surface area contributed by atoms with Crippen LogP contribution in [-0.4, -0.2) is 36.3 Å². The van der Waals surface area contributed by atoms with E-state index in [2.05, 4.69) is 5.32 Å². The molecule has 0 atom stereocenters. The number of benzene rings is 1. The van der Waals surface area contributed by atoms with Gasteiger partial charge < -0.3 is 16.0 Å². The number of hydrogen-bond donors (Lipinski definition) is 2. The van der Waals surface area contributed by atoms with Gasteiger partial charge in [-0.25, -0.2) is 13.6 Å². The maximum Gasteiger partial charge on any atom is 0.317 e. The average molecular weight is 273 g/mol. The molecule has 1 aromatic carbocycles. The van der Waals surface area contributed by atoms with E-state index in [1.165, 1.54) is 0 Å². The first-order valence-electron chi connectivity index (χ1n) is 5.48. The maximum atomic E-state index is 13.5. The number of nitrogens with zero attached hydrogens (tertiary/aromatic N) is 1. The van der Waals surface area contributed by atoms with Gasteiger partial charge in [0.2, 0.25) is 0 Å². The molecule has 1 aliphatic heterocycles. The molecule has 2 amide bonds.